The molecule has 1 atom stereocenters. The van der Waals surface area contributed by atoms with Crippen LogP contribution in [0.1, 0.15) is 50.2 Å². The molecule has 134 valence electrons. The molecule has 5 heteroatoms. The van der Waals surface area contributed by atoms with E-state index in [4.69, 9.17) is 4.74 Å². The van der Waals surface area contributed by atoms with E-state index in [-0.39, 0.29) is 23.1 Å². The van der Waals surface area contributed by atoms with Crippen LogP contribution in [-0.2, 0) is 11.3 Å². The Morgan fingerprint density at radius 1 is 1.40 bits per heavy atom. The smallest absolute Gasteiger partial charge is 0.263 e. The number of aryl methyl sites for hydroxylation is 2. The first kappa shape index (κ1) is 17.7. The molecule has 2 aromatic rings. The number of rotatable bonds is 5. The van der Waals surface area contributed by atoms with E-state index >= 15 is 0 Å². The Morgan fingerprint density at radius 3 is 2.96 bits per heavy atom. The van der Waals surface area contributed by atoms with Gasteiger partial charge in [0.25, 0.3) is 5.56 Å². The van der Waals surface area contributed by atoms with Crippen LogP contribution in [0.15, 0.2) is 28.0 Å². The molecule has 1 aromatic heterocycles. The number of hydrogen-bond donors (Lipinski definition) is 1. The lowest BCUT2D eigenvalue weighted by molar-refractivity contribution is 0.0227. The van der Waals surface area contributed by atoms with Gasteiger partial charge in [-0.2, -0.15) is 0 Å². The Bertz CT molecular complexity index is 833. The zero-order chi connectivity index (χ0) is 17.8. The fourth-order valence-corrected chi connectivity index (χ4v) is 3.35. The molecule has 0 radical (unpaired) electrons. The largest absolute Gasteiger partial charge is 0.506 e. The zero-order valence-corrected chi connectivity index (χ0v) is 15.0. The number of aromatic nitrogens is 1. The molecule has 0 bridgehead atoms. The second-order valence-electron chi connectivity index (χ2n) is 6.64. The number of fused-ring (bicyclic) bond motifs is 1. The number of benzene rings is 1. The number of aromatic hydroxyl groups is 1. The molecule has 1 aromatic carbocycles. The molecule has 5 nitrogen and oxygen atoms in total. The van der Waals surface area contributed by atoms with Gasteiger partial charge in [0.15, 0.2) is 0 Å². The van der Waals surface area contributed by atoms with Crippen molar-refractivity contribution in [2.24, 2.45) is 4.99 Å². The number of ether oxygens (including phenoxy) is 1. The summed E-state index contributed by atoms with van der Waals surface area (Å²) in [7, 11) is 0. The van der Waals surface area contributed by atoms with Gasteiger partial charge in [-0.1, -0.05) is 25.5 Å². The number of aliphatic imine (C=N–C) groups is 1. The monoisotopic (exact) mass is 342 g/mol. The molecule has 1 saturated heterocycles. The van der Waals surface area contributed by atoms with Gasteiger partial charge < -0.3 is 14.4 Å². The van der Waals surface area contributed by atoms with Crippen LogP contribution in [0, 0.1) is 6.92 Å². The van der Waals surface area contributed by atoms with Crippen LogP contribution < -0.4 is 5.56 Å². The van der Waals surface area contributed by atoms with Crippen molar-refractivity contribution in [3.8, 4) is 5.75 Å². The van der Waals surface area contributed by atoms with Crippen molar-refractivity contribution in [3.05, 3.63) is 39.7 Å². The van der Waals surface area contributed by atoms with Crippen molar-refractivity contribution in [1.29, 1.82) is 0 Å². The summed E-state index contributed by atoms with van der Waals surface area (Å²) in [6, 6.07) is 5.72. The van der Waals surface area contributed by atoms with E-state index in [0.717, 1.165) is 43.2 Å². The van der Waals surface area contributed by atoms with Crippen LogP contribution in [0.2, 0.25) is 0 Å². The van der Waals surface area contributed by atoms with E-state index in [2.05, 4.69) is 11.9 Å². The molecule has 0 saturated carbocycles. The first-order valence-corrected chi connectivity index (χ1v) is 9.13. The third kappa shape index (κ3) is 3.61. The molecular formula is C20H26N2O3. The molecule has 0 aliphatic carbocycles. The van der Waals surface area contributed by atoms with Crippen LogP contribution in [0.4, 0.5) is 0 Å². The number of nitrogens with zero attached hydrogens (tertiary/aromatic N) is 2. The average molecular weight is 342 g/mol. The molecule has 25 heavy (non-hydrogen) atoms. The SMILES string of the molecule is CCCCn1c(=O)c(/C=N/C2CCCCO2)c(O)c2cccc(C)c21. The van der Waals surface area contributed by atoms with Crippen molar-refractivity contribution in [2.45, 2.75) is 58.7 Å². The lowest BCUT2D eigenvalue weighted by Crippen LogP contribution is -2.25. The zero-order valence-electron chi connectivity index (χ0n) is 15.0. The Morgan fingerprint density at radius 2 is 2.24 bits per heavy atom. The first-order chi connectivity index (χ1) is 12.1. The number of unbranched alkanes of at least 4 members (excludes halogenated alkanes) is 1. The fourth-order valence-electron chi connectivity index (χ4n) is 3.35. The van der Waals surface area contributed by atoms with Crippen LogP contribution in [0.3, 0.4) is 0 Å². The molecule has 1 fully saturated rings. The molecule has 1 unspecified atom stereocenters. The molecule has 1 N–H and O–H groups in total. The minimum atomic E-state index is -0.218. The summed E-state index contributed by atoms with van der Waals surface area (Å²) < 4.78 is 7.37. The van der Waals surface area contributed by atoms with E-state index in [0.29, 0.717) is 18.5 Å². The van der Waals surface area contributed by atoms with E-state index in [1.54, 1.807) is 4.57 Å². The number of hydrogen-bond acceptors (Lipinski definition) is 4. The van der Waals surface area contributed by atoms with E-state index in [1.807, 2.05) is 25.1 Å². The minimum absolute atomic E-state index is 0.0102. The van der Waals surface area contributed by atoms with Crippen LogP contribution in [-0.4, -0.2) is 28.7 Å². The fraction of sp³-hybridized carbons (Fsp3) is 0.500. The molecule has 3 rings (SSSR count). The normalized spacial score (nSPS) is 18.2. The predicted octanol–water partition coefficient (Wildman–Crippen LogP) is 3.76. The Hall–Kier alpha value is -2.14. The van der Waals surface area contributed by atoms with Crippen LogP contribution in [0.5, 0.6) is 5.75 Å². The summed E-state index contributed by atoms with van der Waals surface area (Å²) >= 11 is 0. The van der Waals surface area contributed by atoms with Gasteiger partial charge in [-0.3, -0.25) is 9.79 Å². The van der Waals surface area contributed by atoms with Crippen molar-refractivity contribution >= 4 is 17.1 Å². The van der Waals surface area contributed by atoms with Crippen molar-refractivity contribution in [2.75, 3.05) is 6.61 Å². The molecule has 2 heterocycles. The molecule has 0 amide bonds. The van der Waals surface area contributed by atoms with Crippen LogP contribution >= 0.6 is 0 Å². The highest BCUT2D eigenvalue weighted by Gasteiger charge is 2.17. The van der Waals surface area contributed by atoms with Gasteiger partial charge >= 0.3 is 0 Å². The average Bonchev–Trinajstić information content (AvgIpc) is 2.63. The van der Waals surface area contributed by atoms with Gasteiger partial charge in [-0.15, -0.1) is 0 Å². The summed E-state index contributed by atoms with van der Waals surface area (Å²) in [4.78, 5) is 17.4. The summed E-state index contributed by atoms with van der Waals surface area (Å²) in [5.41, 5.74) is 1.86. The maximum atomic E-state index is 13.0. The van der Waals surface area contributed by atoms with Gasteiger partial charge in [0.1, 0.15) is 17.5 Å². The number of pyridine rings is 1. The Kier molecular flexibility index (Phi) is 5.53. The molecular weight excluding hydrogens is 316 g/mol. The van der Waals surface area contributed by atoms with E-state index < -0.39 is 0 Å². The highest BCUT2D eigenvalue weighted by Crippen LogP contribution is 2.28. The Balaban J connectivity index is 2.11. The van der Waals surface area contributed by atoms with Crippen molar-refractivity contribution in [1.82, 2.24) is 4.57 Å². The molecule has 1 aliphatic heterocycles. The van der Waals surface area contributed by atoms with E-state index in [1.165, 1.54) is 6.21 Å². The second-order valence-corrected chi connectivity index (χ2v) is 6.64. The van der Waals surface area contributed by atoms with Gasteiger partial charge in [0.2, 0.25) is 0 Å². The Labute approximate surface area is 148 Å². The summed E-state index contributed by atoms with van der Waals surface area (Å²) in [5.74, 6) is 0.0102. The second kappa shape index (κ2) is 7.83. The maximum Gasteiger partial charge on any atom is 0.263 e. The maximum absolute atomic E-state index is 13.0. The quantitative estimate of drug-likeness (QED) is 0.842. The standard InChI is InChI=1S/C20H26N2O3/c1-3-4-11-22-18-14(2)8-7-9-15(18)19(23)16(20(22)24)13-21-17-10-5-6-12-25-17/h7-9,13,17,23H,3-6,10-12H2,1-2H3/b21-13+. The van der Waals surface area contributed by atoms with Gasteiger partial charge in [0.05, 0.1) is 5.52 Å². The highest BCUT2D eigenvalue weighted by atomic mass is 16.5. The van der Waals surface area contributed by atoms with E-state index in [9.17, 15) is 9.90 Å². The van der Waals surface area contributed by atoms with Gasteiger partial charge in [-0.05, 0) is 44.2 Å². The third-order valence-corrected chi connectivity index (χ3v) is 4.75. The first-order valence-electron chi connectivity index (χ1n) is 9.13. The van der Waals surface area contributed by atoms with Crippen molar-refractivity contribution in [3.63, 3.8) is 0 Å². The summed E-state index contributed by atoms with van der Waals surface area (Å²) in [6.07, 6.45) is 6.18. The lowest BCUT2D eigenvalue weighted by atomic mass is 10.1. The topological polar surface area (TPSA) is 63.8 Å². The highest BCUT2D eigenvalue weighted by molar-refractivity contribution is 5.96. The molecule has 0 spiro atoms. The summed E-state index contributed by atoms with van der Waals surface area (Å²) in [6.45, 7) is 5.40. The van der Waals surface area contributed by atoms with Gasteiger partial charge in [0, 0.05) is 24.8 Å². The predicted molar refractivity (Wildman–Crippen MR) is 101 cm³/mol. The van der Waals surface area contributed by atoms with Gasteiger partial charge in [-0.25, -0.2) is 0 Å². The summed E-state index contributed by atoms with van der Waals surface area (Å²) in [5, 5.41) is 11.4. The lowest BCUT2D eigenvalue weighted by Gasteiger charge is -2.19. The molecule has 1 aliphatic rings. The van der Waals surface area contributed by atoms with Crippen LogP contribution in [0.25, 0.3) is 10.9 Å². The number of para-hydroxylation sites is 1. The van der Waals surface area contributed by atoms with Crippen molar-refractivity contribution < 1.29 is 9.84 Å². The minimum Gasteiger partial charge on any atom is -0.506 e. The third-order valence-electron chi connectivity index (χ3n) is 4.75.